The van der Waals surface area contributed by atoms with E-state index in [-0.39, 0.29) is 18.6 Å². The molecule has 0 radical (unpaired) electrons. The maximum Gasteiger partial charge on any atom is 0.307 e. The normalized spacial score (nSPS) is 22.6. The molecule has 1 fully saturated rings. The number of allylic oxidation sites excluding steroid dienone is 2. The number of rotatable bonds is 9. The second-order valence-corrected chi connectivity index (χ2v) is 8.81. The summed E-state index contributed by atoms with van der Waals surface area (Å²) in [5, 5.41) is 22.5. The number of carbonyl (C=O) groups excluding carboxylic acids is 1. The summed E-state index contributed by atoms with van der Waals surface area (Å²) in [7, 11) is 0. The van der Waals surface area contributed by atoms with Crippen LogP contribution in [0, 0.1) is 11.8 Å². The van der Waals surface area contributed by atoms with Crippen molar-refractivity contribution in [3.8, 4) is 5.75 Å². The van der Waals surface area contributed by atoms with Gasteiger partial charge in [0.15, 0.2) is 0 Å². The van der Waals surface area contributed by atoms with E-state index < -0.39 is 23.9 Å². The summed E-state index contributed by atoms with van der Waals surface area (Å²) in [6.07, 6.45) is 3.85. The van der Waals surface area contributed by atoms with E-state index in [0.717, 1.165) is 37.6 Å². The number of aliphatic hydroxyl groups excluding tert-OH is 1. The van der Waals surface area contributed by atoms with Crippen molar-refractivity contribution < 1.29 is 24.5 Å². The lowest BCUT2D eigenvalue weighted by Crippen LogP contribution is -2.50. The molecule has 1 aliphatic heterocycles. The van der Waals surface area contributed by atoms with Gasteiger partial charge in [-0.05, 0) is 38.8 Å². The third kappa shape index (κ3) is 6.46. The minimum atomic E-state index is -0.951. The molecule has 0 bridgehead atoms. The van der Waals surface area contributed by atoms with Gasteiger partial charge in [-0.1, -0.05) is 24.3 Å². The Hall–Kier alpha value is -2.58. The number of carboxylic acids is 1. The molecule has 1 aromatic carbocycles. The van der Waals surface area contributed by atoms with E-state index in [1.54, 1.807) is 0 Å². The summed E-state index contributed by atoms with van der Waals surface area (Å²) < 4.78 is 5.94. The number of amides is 1. The van der Waals surface area contributed by atoms with Crippen molar-refractivity contribution >= 4 is 17.6 Å². The molecule has 3 atom stereocenters. The lowest BCUT2D eigenvalue weighted by atomic mass is 9.82. The smallest absolute Gasteiger partial charge is 0.307 e. The fourth-order valence-electron chi connectivity index (χ4n) is 4.33. The first-order valence-electron chi connectivity index (χ1n) is 11.4. The van der Waals surface area contributed by atoms with Gasteiger partial charge in [0.05, 0.1) is 29.7 Å². The number of carbonyl (C=O) groups is 2. The van der Waals surface area contributed by atoms with Gasteiger partial charge in [0.25, 0.3) is 0 Å². The van der Waals surface area contributed by atoms with E-state index in [9.17, 15) is 19.8 Å². The number of piperazine rings is 1. The number of carboxylic acid groups (broad SMARTS) is 1. The van der Waals surface area contributed by atoms with Crippen LogP contribution in [-0.4, -0.2) is 78.5 Å². The minimum Gasteiger partial charge on any atom is -0.489 e. The fraction of sp³-hybridized carbons (Fsp3) is 0.583. The highest BCUT2D eigenvalue weighted by Gasteiger charge is 2.34. The van der Waals surface area contributed by atoms with Crippen LogP contribution in [0.1, 0.15) is 26.7 Å². The molecule has 1 heterocycles. The Kier molecular flexibility index (Phi) is 8.53. The molecule has 8 nitrogen and oxygen atoms in total. The quantitative estimate of drug-likeness (QED) is 0.498. The van der Waals surface area contributed by atoms with Crippen LogP contribution in [0.3, 0.4) is 0 Å². The van der Waals surface area contributed by atoms with E-state index in [1.165, 1.54) is 0 Å². The second-order valence-electron chi connectivity index (χ2n) is 8.81. The molecule has 1 amide bonds. The molecule has 176 valence electrons. The van der Waals surface area contributed by atoms with Gasteiger partial charge in [0.1, 0.15) is 5.75 Å². The van der Waals surface area contributed by atoms with E-state index >= 15 is 0 Å². The van der Waals surface area contributed by atoms with Gasteiger partial charge in [0.2, 0.25) is 5.91 Å². The summed E-state index contributed by atoms with van der Waals surface area (Å²) >= 11 is 0. The zero-order valence-electron chi connectivity index (χ0n) is 18.9. The van der Waals surface area contributed by atoms with Gasteiger partial charge in [-0.15, -0.1) is 0 Å². The minimum absolute atomic E-state index is 0.109. The Bertz CT molecular complexity index is 805. The van der Waals surface area contributed by atoms with Gasteiger partial charge >= 0.3 is 5.97 Å². The predicted octanol–water partition coefficient (Wildman–Crippen LogP) is 1.74. The first kappa shape index (κ1) is 24.1. The number of benzene rings is 1. The molecule has 2 aliphatic rings. The fourth-order valence-corrected chi connectivity index (χ4v) is 4.33. The molecule has 1 aliphatic carbocycles. The number of hydrogen-bond donors (Lipinski definition) is 3. The Morgan fingerprint density at radius 3 is 2.41 bits per heavy atom. The number of nitrogens with zero attached hydrogens (tertiary/aromatic N) is 2. The van der Waals surface area contributed by atoms with Crippen LogP contribution in [-0.2, 0) is 9.59 Å². The zero-order valence-corrected chi connectivity index (χ0v) is 18.9. The number of aliphatic carboxylic acids is 1. The molecule has 3 unspecified atom stereocenters. The van der Waals surface area contributed by atoms with Crippen LogP contribution in [0.25, 0.3) is 0 Å². The summed E-state index contributed by atoms with van der Waals surface area (Å²) in [5.41, 5.74) is 1.09. The number of aliphatic hydroxyl groups is 1. The van der Waals surface area contributed by atoms with Crippen molar-refractivity contribution in [1.29, 1.82) is 0 Å². The number of hydrogen-bond acceptors (Lipinski definition) is 6. The number of para-hydroxylation sites is 2. The highest BCUT2D eigenvalue weighted by Crippen LogP contribution is 2.30. The van der Waals surface area contributed by atoms with E-state index in [4.69, 9.17) is 4.74 Å². The third-order valence-corrected chi connectivity index (χ3v) is 6.01. The molecule has 0 aromatic heterocycles. The number of ether oxygens (including phenoxy) is 1. The van der Waals surface area contributed by atoms with Crippen LogP contribution in [0.15, 0.2) is 36.4 Å². The standard InChI is InChI=1S/C24H35N3O5/c1-17(2)32-22-10-6-5-9-21(22)27-13-11-26(12-14-27)16-18(28)15-25-23(29)19-7-3-4-8-20(19)24(30)31/h3-6,9-10,17-20,28H,7-8,11-16H2,1-2H3,(H,25,29)(H,30,31). The molecule has 8 heteroatoms. The van der Waals surface area contributed by atoms with Gasteiger partial charge in [-0.25, -0.2) is 0 Å². The monoisotopic (exact) mass is 445 g/mol. The maximum atomic E-state index is 12.5. The number of β-amino-alcohol motifs (C(OH)–C–C–N with tert-alkyl or cyclic N) is 1. The molecule has 1 aromatic rings. The van der Waals surface area contributed by atoms with Crippen molar-refractivity contribution in [2.24, 2.45) is 11.8 Å². The van der Waals surface area contributed by atoms with Crippen LogP contribution in [0.4, 0.5) is 5.69 Å². The average Bonchev–Trinajstić information content (AvgIpc) is 2.78. The summed E-state index contributed by atoms with van der Waals surface area (Å²) in [5.74, 6) is -1.65. The lowest BCUT2D eigenvalue weighted by Gasteiger charge is -2.37. The molecule has 32 heavy (non-hydrogen) atoms. The van der Waals surface area contributed by atoms with E-state index in [2.05, 4.69) is 21.2 Å². The second kappa shape index (κ2) is 11.3. The van der Waals surface area contributed by atoms with Gasteiger partial charge in [-0.2, -0.15) is 0 Å². The van der Waals surface area contributed by atoms with Gasteiger partial charge in [0, 0.05) is 39.3 Å². The Morgan fingerprint density at radius 2 is 1.75 bits per heavy atom. The van der Waals surface area contributed by atoms with Gasteiger partial charge in [-0.3, -0.25) is 14.5 Å². The zero-order chi connectivity index (χ0) is 23.1. The summed E-state index contributed by atoms with van der Waals surface area (Å²) in [4.78, 5) is 28.3. The molecule has 3 rings (SSSR count). The molecular weight excluding hydrogens is 410 g/mol. The highest BCUT2D eigenvalue weighted by molar-refractivity contribution is 5.85. The molecular formula is C24H35N3O5. The Labute approximate surface area is 189 Å². The summed E-state index contributed by atoms with van der Waals surface area (Å²) in [6.45, 7) is 7.87. The Morgan fingerprint density at radius 1 is 1.09 bits per heavy atom. The highest BCUT2D eigenvalue weighted by atomic mass is 16.5. The third-order valence-electron chi connectivity index (χ3n) is 6.01. The topological polar surface area (TPSA) is 102 Å². The average molecular weight is 446 g/mol. The van der Waals surface area contributed by atoms with Crippen molar-refractivity contribution in [3.63, 3.8) is 0 Å². The Balaban J connectivity index is 1.44. The van der Waals surface area contributed by atoms with Crippen molar-refractivity contribution in [3.05, 3.63) is 36.4 Å². The first-order valence-corrected chi connectivity index (χ1v) is 11.4. The molecule has 3 N–H and O–H groups in total. The maximum absolute atomic E-state index is 12.5. The number of anilines is 1. The van der Waals surface area contributed by atoms with E-state index in [1.807, 2.05) is 44.2 Å². The van der Waals surface area contributed by atoms with Crippen molar-refractivity contribution in [1.82, 2.24) is 10.2 Å². The summed E-state index contributed by atoms with van der Waals surface area (Å²) in [6, 6.07) is 8.05. The van der Waals surface area contributed by atoms with Crippen molar-refractivity contribution in [2.45, 2.75) is 38.9 Å². The largest absolute Gasteiger partial charge is 0.489 e. The van der Waals surface area contributed by atoms with Crippen LogP contribution >= 0.6 is 0 Å². The predicted molar refractivity (Wildman–Crippen MR) is 123 cm³/mol. The lowest BCUT2D eigenvalue weighted by molar-refractivity contribution is -0.147. The van der Waals surface area contributed by atoms with E-state index in [0.29, 0.717) is 19.4 Å². The molecule has 1 saturated heterocycles. The molecule has 0 saturated carbocycles. The van der Waals surface area contributed by atoms with Crippen LogP contribution in [0.2, 0.25) is 0 Å². The van der Waals surface area contributed by atoms with Gasteiger partial charge < -0.3 is 25.2 Å². The number of nitrogens with one attached hydrogen (secondary N) is 1. The SMILES string of the molecule is CC(C)Oc1ccccc1N1CCN(CC(O)CNC(=O)C2CC=CCC2C(=O)O)CC1. The van der Waals surface area contributed by atoms with Crippen LogP contribution < -0.4 is 15.0 Å². The molecule has 0 spiro atoms. The van der Waals surface area contributed by atoms with Crippen molar-refractivity contribution in [2.75, 3.05) is 44.2 Å². The van der Waals surface area contributed by atoms with Crippen LogP contribution in [0.5, 0.6) is 5.75 Å². The first-order chi connectivity index (χ1) is 15.3.